The number of aryl methyl sites for hydroxylation is 1. The quantitative estimate of drug-likeness (QED) is 0.611. The Labute approximate surface area is 117 Å². The van der Waals surface area contributed by atoms with Gasteiger partial charge in [0.1, 0.15) is 0 Å². The third-order valence-electron chi connectivity index (χ3n) is 4.57. The average Bonchev–Trinajstić information content (AvgIpc) is 2.37. The third kappa shape index (κ3) is 2.36. The Kier molecular flexibility index (Phi) is 3.56. The maximum absolute atomic E-state index is 13.0. The molecule has 0 spiro atoms. The van der Waals surface area contributed by atoms with Crippen molar-refractivity contribution in [1.82, 2.24) is 9.88 Å². The van der Waals surface area contributed by atoms with Crippen LogP contribution in [0.25, 0.3) is 0 Å². The van der Waals surface area contributed by atoms with Crippen molar-refractivity contribution in [2.75, 3.05) is 20.3 Å². The summed E-state index contributed by atoms with van der Waals surface area (Å²) in [5, 5.41) is 0. The van der Waals surface area contributed by atoms with Crippen molar-refractivity contribution >= 4 is 5.78 Å². The number of carbonyl (C=O) groups is 1. The Morgan fingerprint density at radius 1 is 1.35 bits per heavy atom. The number of pyridine rings is 1. The van der Waals surface area contributed by atoms with E-state index in [4.69, 9.17) is 4.74 Å². The SMILES string of the molecule is Cc1nc(F)ccc1C(=O)C1CC2COCC(C1)N2C. The summed E-state index contributed by atoms with van der Waals surface area (Å²) in [6.45, 7) is 3.07. The molecular weight excluding hydrogens is 259 g/mol. The fraction of sp³-hybridized carbons (Fsp3) is 0.600. The molecule has 2 aliphatic heterocycles. The minimum atomic E-state index is -0.535. The first kappa shape index (κ1) is 13.6. The normalized spacial score (nSPS) is 30.2. The lowest BCUT2D eigenvalue weighted by Crippen LogP contribution is -2.55. The summed E-state index contributed by atoms with van der Waals surface area (Å²) in [6, 6.07) is 3.44. The van der Waals surface area contributed by atoms with E-state index in [-0.39, 0.29) is 11.7 Å². The lowest BCUT2D eigenvalue weighted by atomic mass is 9.81. The van der Waals surface area contributed by atoms with Gasteiger partial charge < -0.3 is 4.74 Å². The van der Waals surface area contributed by atoms with Crippen LogP contribution in [0.1, 0.15) is 28.9 Å². The molecule has 20 heavy (non-hydrogen) atoms. The predicted octanol–water partition coefficient (Wildman–Crippen LogP) is 1.82. The van der Waals surface area contributed by atoms with E-state index in [2.05, 4.69) is 16.9 Å². The first-order chi connectivity index (χ1) is 9.56. The smallest absolute Gasteiger partial charge is 0.213 e. The maximum atomic E-state index is 13.0. The van der Waals surface area contributed by atoms with Crippen molar-refractivity contribution in [3.8, 4) is 0 Å². The van der Waals surface area contributed by atoms with Crippen LogP contribution in [-0.4, -0.2) is 48.0 Å². The molecule has 0 saturated carbocycles. The highest BCUT2D eigenvalue weighted by molar-refractivity contribution is 5.98. The summed E-state index contributed by atoms with van der Waals surface area (Å²) >= 11 is 0. The number of piperidine rings is 1. The van der Waals surface area contributed by atoms with Crippen LogP contribution in [0.5, 0.6) is 0 Å². The molecule has 0 aliphatic carbocycles. The highest BCUT2D eigenvalue weighted by Gasteiger charge is 2.39. The number of nitrogens with zero attached hydrogens (tertiary/aromatic N) is 2. The number of Topliss-reactive ketones (excluding diaryl/α,β-unsaturated/α-hetero) is 1. The van der Waals surface area contributed by atoms with E-state index >= 15 is 0 Å². The number of ether oxygens (including phenoxy) is 1. The van der Waals surface area contributed by atoms with Gasteiger partial charge in [-0.05, 0) is 38.9 Å². The van der Waals surface area contributed by atoms with Crippen molar-refractivity contribution < 1.29 is 13.9 Å². The van der Waals surface area contributed by atoms with Crippen LogP contribution in [0.2, 0.25) is 0 Å². The number of fused-ring (bicyclic) bond motifs is 2. The zero-order valence-corrected chi connectivity index (χ0v) is 11.8. The molecule has 5 heteroatoms. The second-order valence-electron chi connectivity index (χ2n) is 5.81. The molecule has 0 radical (unpaired) electrons. The standard InChI is InChI=1S/C15H19FN2O2/c1-9-13(3-4-14(16)17-9)15(19)10-5-11-7-20-8-12(6-10)18(11)2/h3-4,10-12H,5-8H2,1-2H3. The van der Waals surface area contributed by atoms with Crippen LogP contribution < -0.4 is 0 Å². The average molecular weight is 278 g/mol. The fourth-order valence-corrected chi connectivity index (χ4v) is 3.32. The number of hydrogen-bond donors (Lipinski definition) is 0. The minimum absolute atomic E-state index is 0.00365. The van der Waals surface area contributed by atoms with Crippen LogP contribution in [0, 0.1) is 18.8 Å². The molecule has 3 rings (SSSR count). The number of likely N-dealkylation sites (N-methyl/N-ethyl adjacent to an activating group) is 1. The van der Waals surface area contributed by atoms with E-state index in [0.717, 1.165) is 12.8 Å². The summed E-state index contributed by atoms with van der Waals surface area (Å²) in [6.07, 6.45) is 1.62. The molecule has 0 N–H and O–H groups in total. The first-order valence-corrected chi connectivity index (χ1v) is 7.03. The molecule has 108 valence electrons. The molecule has 2 atom stereocenters. The number of carbonyl (C=O) groups excluding carboxylic acids is 1. The van der Waals surface area contributed by atoms with Crippen molar-refractivity contribution in [2.24, 2.45) is 5.92 Å². The monoisotopic (exact) mass is 278 g/mol. The molecule has 0 amide bonds. The van der Waals surface area contributed by atoms with Crippen molar-refractivity contribution in [1.29, 1.82) is 0 Å². The van der Waals surface area contributed by atoms with Gasteiger partial charge in [0.05, 0.1) is 18.9 Å². The molecule has 2 saturated heterocycles. The predicted molar refractivity (Wildman–Crippen MR) is 72.1 cm³/mol. The Bertz CT molecular complexity index is 521. The Morgan fingerprint density at radius 3 is 2.60 bits per heavy atom. The summed E-state index contributed by atoms with van der Waals surface area (Å²) < 4.78 is 18.6. The van der Waals surface area contributed by atoms with E-state index in [1.165, 1.54) is 6.07 Å². The van der Waals surface area contributed by atoms with Gasteiger partial charge in [-0.25, -0.2) is 4.98 Å². The highest BCUT2D eigenvalue weighted by Crippen LogP contribution is 2.32. The van der Waals surface area contributed by atoms with E-state index in [1.54, 1.807) is 13.0 Å². The van der Waals surface area contributed by atoms with Gasteiger partial charge in [0.15, 0.2) is 5.78 Å². The Hall–Kier alpha value is -1.33. The lowest BCUT2D eigenvalue weighted by Gasteiger charge is -2.46. The molecule has 2 fully saturated rings. The topological polar surface area (TPSA) is 42.4 Å². The highest BCUT2D eigenvalue weighted by atomic mass is 19.1. The maximum Gasteiger partial charge on any atom is 0.213 e. The van der Waals surface area contributed by atoms with Gasteiger partial charge in [-0.2, -0.15) is 4.39 Å². The summed E-state index contributed by atoms with van der Waals surface area (Å²) in [5.41, 5.74) is 1.04. The van der Waals surface area contributed by atoms with E-state index in [0.29, 0.717) is 36.6 Å². The van der Waals surface area contributed by atoms with Crippen LogP contribution in [0.15, 0.2) is 12.1 Å². The second kappa shape index (κ2) is 5.22. The fourth-order valence-electron chi connectivity index (χ4n) is 3.32. The molecule has 2 aliphatic rings. The largest absolute Gasteiger partial charge is 0.378 e. The second-order valence-corrected chi connectivity index (χ2v) is 5.81. The molecule has 1 aromatic rings. The van der Waals surface area contributed by atoms with Crippen LogP contribution >= 0.6 is 0 Å². The van der Waals surface area contributed by atoms with Gasteiger partial charge in [-0.1, -0.05) is 0 Å². The molecule has 1 aromatic heterocycles. The number of hydrogen-bond acceptors (Lipinski definition) is 4. The van der Waals surface area contributed by atoms with E-state index in [1.807, 2.05) is 0 Å². The zero-order valence-electron chi connectivity index (χ0n) is 11.8. The van der Waals surface area contributed by atoms with Gasteiger partial charge in [0, 0.05) is 23.6 Å². The number of rotatable bonds is 2. The van der Waals surface area contributed by atoms with Gasteiger partial charge >= 0.3 is 0 Å². The Balaban J connectivity index is 1.81. The zero-order chi connectivity index (χ0) is 14.3. The number of halogens is 1. The van der Waals surface area contributed by atoms with Crippen LogP contribution in [0.3, 0.4) is 0 Å². The molecule has 2 bridgehead atoms. The van der Waals surface area contributed by atoms with Gasteiger partial charge in [0.25, 0.3) is 0 Å². The summed E-state index contributed by atoms with van der Waals surface area (Å²) in [4.78, 5) is 18.7. The summed E-state index contributed by atoms with van der Waals surface area (Å²) in [5.74, 6) is -0.441. The Morgan fingerprint density at radius 2 is 2.00 bits per heavy atom. The van der Waals surface area contributed by atoms with Crippen LogP contribution in [-0.2, 0) is 4.74 Å². The van der Waals surface area contributed by atoms with Crippen molar-refractivity contribution in [3.63, 3.8) is 0 Å². The van der Waals surface area contributed by atoms with Gasteiger partial charge in [0.2, 0.25) is 5.95 Å². The van der Waals surface area contributed by atoms with E-state index < -0.39 is 5.95 Å². The molecule has 4 nitrogen and oxygen atoms in total. The number of morpholine rings is 1. The molecular formula is C15H19FN2O2. The summed E-state index contributed by atoms with van der Waals surface area (Å²) in [7, 11) is 2.10. The van der Waals surface area contributed by atoms with Crippen molar-refractivity contribution in [3.05, 3.63) is 29.3 Å². The van der Waals surface area contributed by atoms with Gasteiger partial charge in [-0.3, -0.25) is 9.69 Å². The number of ketones is 1. The first-order valence-electron chi connectivity index (χ1n) is 7.03. The van der Waals surface area contributed by atoms with Crippen LogP contribution in [0.4, 0.5) is 4.39 Å². The molecule has 2 unspecified atom stereocenters. The van der Waals surface area contributed by atoms with Crippen molar-refractivity contribution in [2.45, 2.75) is 31.8 Å². The van der Waals surface area contributed by atoms with E-state index in [9.17, 15) is 9.18 Å². The van der Waals surface area contributed by atoms with Gasteiger partial charge in [-0.15, -0.1) is 0 Å². The minimum Gasteiger partial charge on any atom is -0.378 e. The number of aromatic nitrogens is 1. The molecule has 3 heterocycles. The third-order valence-corrected chi connectivity index (χ3v) is 4.57. The molecule has 0 aromatic carbocycles. The lowest BCUT2D eigenvalue weighted by molar-refractivity contribution is -0.0702.